The maximum atomic E-state index is 11.6. The van der Waals surface area contributed by atoms with Crippen molar-refractivity contribution in [2.24, 2.45) is 5.73 Å². The SMILES string of the molecule is CC(C)OC(=O)NS(=O)(=O)N(CC(N)=O)CC(=O)O. The number of amides is 2. The second kappa shape index (κ2) is 6.89. The first-order chi connectivity index (χ1) is 8.54. The van der Waals surface area contributed by atoms with Gasteiger partial charge in [0.2, 0.25) is 5.91 Å². The highest BCUT2D eigenvalue weighted by Crippen LogP contribution is 1.99. The van der Waals surface area contributed by atoms with Crippen LogP contribution in [0.3, 0.4) is 0 Å². The topological polar surface area (TPSA) is 156 Å². The van der Waals surface area contributed by atoms with Crippen molar-refractivity contribution in [1.29, 1.82) is 0 Å². The number of nitrogens with two attached hydrogens (primary N) is 1. The van der Waals surface area contributed by atoms with Crippen LogP contribution in [0.15, 0.2) is 0 Å². The molecule has 0 aliphatic rings. The number of carbonyl (C=O) groups excluding carboxylic acids is 2. The molecule has 0 bridgehead atoms. The summed E-state index contributed by atoms with van der Waals surface area (Å²) >= 11 is 0. The normalized spacial score (nSPS) is 11.4. The molecule has 0 aromatic rings. The summed E-state index contributed by atoms with van der Waals surface area (Å²) in [6.45, 7) is 1.08. The van der Waals surface area contributed by atoms with Crippen LogP contribution in [0.1, 0.15) is 13.8 Å². The predicted octanol–water partition coefficient (Wildman–Crippen LogP) is -1.76. The summed E-state index contributed by atoms with van der Waals surface area (Å²) in [6, 6.07) is 0. The number of hydrogen-bond acceptors (Lipinski definition) is 6. The quantitative estimate of drug-likeness (QED) is 0.502. The van der Waals surface area contributed by atoms with Gasteiger partial charge < -0.3 is 15.6 Å². The first-order valence-electron chi connectivity index (χ1n) is 5.03. The van der Waals surface area contributed by atoms with Crippen LogP contribution in [0.25, 0.3) is 0 Å². The minimum Gasteiger partial charge on any atom is -0.480 e. The van der Waals surface area contributed by atoms with Gasteiger partial charge in [-0.15, -0.1) is 0 Å². The molecule has 0 aliphatic heterocycles. The molecule has 0 rings (SSSR count). The van der Waals surface area contributed by atoms with Crippen LogP contribution in [0, 0.1) is 0 Å². The van der Waals surface area contributed by atoms with E-state index in [1.807, 2.05) is 0 Å². The van der Waals surface area contributed by atoms with Gasteiger partial charge in [-0.3, -0.25) is 9.59 Å². The molecule has 0 aromatic heterocycles. The van der Waals surface area contributed by atoms with E-state index in [-0.39, 0.29) is 4.31 Å². The summed E-state index contributed by atoms with van der Waals surface area (Å²) in [7, 11) is -4.53. The molecule has 0 atom stereocenters. The van der Waals surface area contributed by atoms with E-state index in [0.29, 0.717) is 0 Å². The predicted molar refractivity (Wildman–Crippen MR) is 62.1 cm³/mol. The molecule has 0 spiro atoms. The van der Waals surface area contributed by atoms with E-state index < -0.39 is 47.4 Å². The summed E-state index contributed by atoms with van der Waals surface area (Å²) in [4.78, 5) is 32.3. The number of carboxylic acids is 1. The molecule has 11 heteroatoms. The Bertz CT molecular complexity index is 443. The van der Waals surface area contributed by atoms with Crippen molar-refractivity contribution < 1.29 is 32.6 Å². The molecule has 4 N–H and O–H groups in total. The van der Waals surface area contributed by atoms with Crippen molar-refractivity contribution in [1.82, 2.24) is 9.03 Å². The molecule has 0 aliphatic carbocycles. The fourth-order valence-corrected chi connectivity index (χ4v) is 1.92. The number of carboxylic acid groups (broad SMARTS) is 1. The van der Waals surface area contributed by atoms with Gasteiger partial charge in [-0.05, 0) is 13.8 Å². The molecule has 0 radical (unpaired) electrons. The Labute approximate surface area is 109 Å². The maximum absolute atomic E-state index is 11.6. The van der Waals surface area contributed by atoms with Crippen molar-refractivity contribution in [2.75, 3.05) is 13.1 Å². The Kier molecular flexibility index (Phi) is 6.21. The van der Waals surface area contributed by atoms with Crippen molar-refractivity contribution in [2.45, 2.75) is 20.0 Å². The fraction of sp³-hybridized carbons (Fsp3) is 0.625. The number of ether oxygens (including phenoxy) is 1. The summed E-state index contributed by atoms with van der Waals surface area (Å²) in [5, 5.41) is 8.54. The monoisotopic (exact) mass is 297 g/mol. The second-order valence-electron chi connectivity index (χ2n) is 3.69. The lowest BCUT2D eigenvalue weighted by Crippen LogP contribution is -2.49. The Morgan fingerprint density at radius 1 is 1.32 bits per heavy atom. The van der Waals surface area contributed by atoms with Gasteiger partial charge in [-0.2, -0.15) is 12.7 Å². The van der Waals surface area contributed by atoms with Crippen molar-refractivity contribution in [3.05, 3.63) is 0 Å². The highest BCUT2D eigenvalue weighted by Gasteiger charge is 2.28. The standard InChI is InChI=1S/C8H15N3O7S/c1-5(2)18-8(15)10-19(16,17)11(3-6(9)12)4-7(13)14/h5H,3-4H2,1-2H3,(H2,9,12)(H,10,15)(H,13,14). The van der Waals surface area contributed by atoms with Gasteiger partial charge >= 0.3 is 22.3 Å². The highest BCUT2D eigenvalue weighted by atomic mass is 32.2. The van der Waals surface area contributed by atoms with E-state index in [9.17, 15) is 22.8 Å². The average Bonchev–Trinajstić information content (AvgIpc) is 2.12. The molecule has 0 unspecified atom stereocenters. The van der Waals surface area contributed by atoms with E-state index in [1.54, 1.807) is 0 Å². The molecule has 0 saturated carbocycles. The van der Waals surface area contributed by atoms with Gasteiger partial charge in [0.1, 0.15) is 6.54 Å². The van der Waals surface area contributed by atoms with Crippen LogP contribution in [-0.4, -0.2) is 55.0 Å². The summed E-state index contributed by atoms with van der Waals surface area (Å²) in [5.41, 5.74) is 4.80. The number of nitrogens with zero attached hydrogens (tertiary/aromatic N) is 1. The van der Waals surface area contributed by atoms with Crippen LogP contribution in [0.4, 0.5) is 4.79 Å². The smallest absolute Gasteiger partial charge is 0.422 e. The molecule has 2 amide bonds. The van der Waals surface area contributed by atoms with Crippen LogP contribution in [0.2, 0.25) is 0 Å². The fourth-order valence-electron chi connectivity index (χ4n) is 0.959. The third kappa shape index (κ3) is 7.21. The molecule has 110 valence electrons. The largest absolute Gasteiger partial charge is 0.480 e. The van der Waals surface area contributed by atoms with Gasteiger partial charge in [0, 0.05) is 0 Å². The van der Waals surface area contributed by atoms with Gasteiger partial charge in [0.15, 0.2) is 0 Å². The minimum atomic E-state index is -4.53. The van der Waals surface area contributed by atoms with Crippen molar-refractivity contribution in [3.63, 3.8) is 0 Å². The lowest BCUT2D eigenvalue weighted by molar-refractivity contribution is -0.137. The van der Waals surface area contributed by atoms with Crippen molar-refractivity contribution in [3.8, 4) is 0 Å². The van der Waals surface area contributed by atoms with Gasteiger partial charge in [-0.25, -0.2) is 9.52 Å². The van der Waals surface area contributed by atoms with E-state index in [0.717, 1.165) is 0 Å². The van der Waals surface area contributed by atoms with E-state index in [2.05, 4.69) is 4.74 Å². The molecule has 0 saturated heterocycles. The van der Waals surface area contributed by atoms with E-state index >= 15 is 0 Å². The summed E-state index contributed by atoms with van der Waals surface area (Å²) < 4.78 is 29.5. The molecular formula is C8H15N3O7S. The third-order valence-corrected chi connectivity index (χ3v) is 2.90. The van der Waals surface area contributed by atoms with Gasteiger partial charge in [-0.1, -0.05) is 0 Å². The number of primary amides is 1. The van der Waals surface area contributed by atoms with E-state index in [4.69, 9.17) is 10.8 Å². The number of rotatable bonds is 7. The first kappa shape index (κ1) is 17.1. The molecular weight excluding hydrogens is 282 g/mol. The highest BCUT2D eigenvalue weighted by molar-refractivity contribution is 7.87. The lowest BCUT2D eigenvalue weighted by Gasteiger charge is -2.19. The first-order valence-corrected chi connectivity index (χ1v) is 6.47. The minimum absolute atomic E-state index is 0.208. The van der Waals surface area contributed by atoms with Gasteiger partial charge in [0.05, 0.1) is 12.6 Å². The second-order valence-corrected chi connectivity index (χ2v) is 5.36. The molecule has 0 heterocycles. The zero-order valence-electron chi connectivity index (χ0n) is 10.3. The number of hydrogen-bond donors (Lipinski definition) is 3. The zero-order valence-corrected chi connectivity index (χ0v) is 11.1. The van der Waals surface area contributed by atoms with Crippen molar-refractivity contribution >= 4 is 28.2 Å². The zero-order chi connectivity index (χ0) is 15.2. The number of nitrogens with one attached hydrogen (secondary N) is 1. The summed E-state index contributed by atoms with van der Waals surface area (Å²) in [6.07, 6.45) is -1.85. The average molecular weight is 297 g/mol. The Hall–Kier alpha value is -1.88. The Balaban J connectivity index is 4.92. The van der Waals surface area contributed by atoms with Crippen LogP contribution < -0.4 is 10.5 Å². The molecule has 0 aromatic carbocycles. The van der Waals surface area contributed by atoms with Crippen LogP contribution in [0.5, 0.6) is 0 Å². The lowest BCUT2D eigenvalue weighted by atomic mass is 10.5. The molecule has 10 nitrogen and oxygen atoms in total. The number of carbonyl (C=O) groups is 3. The van der Waals surface area contributed by atoms with E-state index in [1.165, 1.54) is 18.6 Å². The Morgan fingerprint density at radius 2 is 1.84 bits per heavy atom. The summed E-state index contributed by atoms with van der Waals surface area (Å²) in [5.74, 6) is -2.58. The van der Waals surface area contributed by atoms with Crippen LogP contribution in [-0.2, 0) is 24.5 Å². The number of aliphatic carboxylic acids is 1. The Morgan fingerprint density at radius 3 is 2.21 bits per heavy atom. The third-order valence-electron chi connectivity index (χ3n) is 1.54. The van der Waals surface area contributed by atoms with Gasteiger partial charge in [0.25, 0.3) is 0 Å². The molecule has 0 fully saturated rings. The van der Waals surface area contributed by atoms with Crippen LogP contribution >= 0.6 is 0 Å². The molecule has 19 heavy (non-hydrogen) atoms. The maximum Gasteiger partial charge on any atom is 0.422 e.